The minimum atomic E-state index is -0.140. The summed E-state index contributed by atoms with van der Waals surface area (Å²) in [5.41, 5.74) is 3.15. The molecule has 0 spiro atoms. The Morgan fingerprint density at radius 1 is 1.38 bits per heavy atom. The average molecular weight is 255 g/mol. The molecule has 0 unspecified atom stereocenters. The number of nitrogens with zero attached hydrogens (tertiary/aromatic N) is 1. The summed E-state index contributed by atoms with van der Waals surface area (Å²) in [7, 11) is 6.02. The number of carbonyl (C=O) groups excluding carboxylic acids is 1. The van der Waals surface area contributed by atoms with Crippen LogP contribution in [0.25, 0.3) is 0 Å². The second kappa shape index (κ2) is 7.29. The van der Waals surface area contributed by atoms with Crippen LogP contribution in [-0.2, 0) is 9.53 Å². The van der Waals surface area contributed by atoms with E-state index in [9.17, 15) is 4.79 Å². The van der Waals surface area contributed by atoms with Crippen LogP contribution < -0.4 is 22.4 Å². The van der Waals surface area contributed by atoms with Gasteiger partial charge in [-0.15, -0.1) is 0 Å². The van der Waals surface area contributed by atoms with Crippen molar-refractivity contribution in [1.29, 1.82) is 0 Å². The smallest absolute Gasteiger partial charge is 0.307 e. The molecule has 0 rings (SSSR count). The third kappa shape index (κ3) is 11.9. The summed E-state index contributed by atoms with van der Waals surface area (Å²) >= 11 is 0. The predicted octanol–water partition coefficient (Wildman–Crippen LogP) is -2.85. The summed E-state index contributed by atoms with van der Waals surface area (Å²) in [4.78, 5) is 10.9. The van der Waals surface area contributed by atoms with Gasteiger partial charge in [0.1, 0.15) is 0 Å². The van der Waals surface area contributed by atoms with E-state index in [1.165, 1.54) is 0 Å². The maximum Gasteiger partial charge on any atom is 0.307 e. The standard InChI is InChI=1S/C8H19N2O2.BrH/c1-5-12-8(11)6-7-9-10(2,3)4;/h9H,5-7H2,1-4H3;1H/q+1;/p-1. The average Bonchev–Trinajstić information content (AvgIpc) is 1.84. The molecule has 0 fully saturated rings. The Kier molecular flexibility index (Phi) is 8.61. The molecule has 5 heteroatoms. The van der Waals surface area contributed by atoms with Crippen molar-refractivity contribution >= 4 is 5.97 Å². The van der Waals surface area contributed by atoms with Crippen LogP contribution in [0.15, 0.2) is 0 Å². The Balaban J connectivity index is 0. The quantitative estimate of drug-likeness (QED) is 0.326. The summed E-state index contributed by atoms with van der Waals surface area (Å²) in [6, 6.07) is 0. The molecule has 0 aliphatic carbocycles. The number of hydrogen-bond donors (Lipinski definition) is 1. The van der Waals surface area contributed by atoms with E-state index in [4.69, 9.17) is 4.74 Å². The zero-order valence-corrected chi connectivity index (χ0v) is 10.3. The van der Waals surface area contributed by atoms with Crippen molar-refractivity contribution < 1.29 is 31.1 Å². The van der Waals surface area contributed by atoms with E-state index in [-0.39, 0.29) is 23.0 Å². The molecule has 0 amide bonds. The van der Waals surface area contributed by atoms with E-state index in [0.717, 1.165) is 0 Å². The van der Waals surface area contributed by atoms with Gasteiger partial charge in [-0.1, -0.05) is 0 Å². The molecule has 80 valence electrons. The predicted molar refractivity (Wildman–Crippen MR) is 47.3 cm³/mol. The third-order valence-corrected chi connectivity index (χ3v) is 1.22. The van der Waals surface area contributed by atoms with Crippen LogP contribution in [0, 0.1) is 0 Å². The highest BCUT2D eigenvalue weighted by atomic mass is 79.9. The van der Waals surface area contributed by atoms with Gasteiger partial charge in [0.25, 0.3) is 0 Å². The topological polar surface area (TPSA) is 38.3 Å². The van der Waals surface area contributed by atoms with Crippen molar-refractivity contribution in [3.05, 3.63) is 0 Å². The number of carbonyl (C=O) groups is 1. The van der Waals surface area contributed by atoms with Crippen molar-refractivity contribution in [3.63, 3.8) is 0 Å². The summed E-state index contributed by atoms with van der Waals surface area (Å²) < 4.78 is 5.42. The number of esters is 1. The zero-order chi connectivity index (χ0) is 9.61. The number of rotatable bonds is 5. The van der Waals surface area contributed by atoms with Gasteiger partial charge < -0.3 is 21.7 Å². The Labute approximate surface area is 90.6 Å². The number of ether oxygens (including phenoxy) is 1. The van der Waals surface area contributed by atoms with Crippen molar-refractivity contribution in [1.82, 2.24) is 5.43 Å². The van der Waals surface area contributed by atoms with Crippen LogP contribution in [0.5, 0.6) is 0 Å². The Bertz CT molecular complexity index is 146. The first-order chi connectivity index (χ1) is 5.45. The largest absolute Gasteiger partial charge is 1.00 e. The molecule has 13 heavy (non-hydrogen) atoms. The van der Waals surface area contributed by atoms with Gasteiger partial charge in [-0.05, 0) is 6.92 Å². The van der Waals surface area contributed by atoms with Gasteiger partial charge in [0.05, 0.1) is 40.7 Å². The lowest BCUT2D eigenvalue weighted by atomic mass is 10.4. The lowest BCUT2D eigenvalue weighted by molar-refractivity contribution is -0.915. The lowest BCUT2D eigenvalue weighted by Gasteiger charge is -2.23. The van der Waals surface area contributed by atoms with Crippen LogP contribution in [0.4, 0.5) is 0 Å². The fourth-order valence-corrected chi connectivity index (χ4v) is 0.727. The highest BCUT2D eigenvalue weighted by Crippen LogP contribution is 1.87. The molecule has 0 heterocycles. The number of nitrogens with one attached hydrogen (secondary N) is 1. The minimum absolute atomic E-state index is 0. The van der Waals surface area contributed by atoms with Crippen molar-refractivity contribution in [2.24, 2.45) is 0 Å². The highest BCUT2D eigenvalue weighted by Gasteiger charge is 2.07. The lowest BCUT2D eigenvalue weighted by Crippen LogP contribution is -3.00. The second-order valence-corrected chi connectivity index (χ2v) is 3.48. The number of quaternary nitrogens is 1. The van der Waals surface area contributed by atoms with E-state index in [1.54, 1.807) is 0 Å². The number of hydrogen-bond acceptors (Lipinski definition) is 3. The molecule has 1 N–H and O–H groups in total. The second-order valence-electron chi connectivity index (χ2n) is 3.48. The van der Waals surface area contributed by atoms with Gasteiger partial charge in [0, 0.05) is 0 Å². The minimum Gasteiger partial charge on any atom is -1.00 e. The molecule has 0 aromatic rings. The molecule has 0 atom stereocenters. The van der Waals surface area contributed by atoms with E-state index in [0.29, 0.717) is 24.2 Å². The molecule has 4 nitrogen and oxygen atoms in total. The summed E-state index contributed by atoms with van der Waals surface area (Å²) in [5.74, 6) is -0.140. The van der Waals surface area contributed by atoms with Crippen LogP contribution in [0.1, 0.15) is 13.3 Å². The molecular weight excluding hydrogens is 236 g/mol. The SMILES string of the molecule is CCOC(=O)CCN[N+](C)(C)C.[Br-]. The maximum absolute atomic E-state index is 10.9. The number of halogens is 1. The first-order valence-electron chi connectivity index (χ1n) is 4.18. The molecule has 0 saturated heterocycles. The van der Waals surface area contributed by atoms with Crippen LogP contribution >= 0.6 is 0 Å². The van der Waals surface area contributed by atoms with Crippen molar-refractivity contribution in [3.8, 4) is 0 Å². The molecule has 0 aliphatic heterocycles. The van der Waals surface area contributed by atoms with Crippen LogP contribution in [-0.4, -0.2) is 44.9 Å². The summed E-state index contributed by atoms with van der Waals surface area (Å²) in [5, 5.41) is 0. The Morgan fingerprint density at radius 3 is 2.31 bits per heavy atom. The first-order valence-corrected chi connectivity index (χ1v) is 4.18. The molecule has 0 saturated carbocycles. The zero-order valence-electron chi connectivity index (χ0n) is 8.76. The Morgan fingerprint density at radius 2 is 1.92 bits per heavy atom. The fraction of sp³-hybridized carbons (Fsp3) is 0.875. The van der Waals surface area contributed by atoms with Gasteiger partial charge in [0.2, 0.25) is 0 Å². The van der Waals surface area contributed by atoms with Gasteiger partial charge >= 0.3 is 5.97 Å². The van der Waals surface area contributed by atoms with Gasteiger partial charge in [0.15, 0.2) is 0 Å². The van der Waals surface area contributed by atoms with Gasteiger partial charge in [-0.3, -0.25) is 9.39 Å². The van der Waals surface area contributed by atoms with E-state index in [2.05, 4.69) is 5.43 Å². The van der Waals surface area contributed by atoms with E-state index >= 15 is 0 Å². The van der Waals surface area contributed by atoms with Gasteiger partial charge in [-0.2, -0.15) is 5.43 Å². The summed E-state index contributed by atoms with van der Waals surface area (Å²) in [6.07, 6.45) is 0.434. The van der Waals surface area contributed by atoms with E-state index in [1.807, 2.05) is 28.1 Å². The Hall–Kier alpha value is -0.130. The van der Waals surface area contributed by atoms with Crippen molar-refractivity contribution in [2.45, 2.75) is 13.3 Å². The van der Waals surface area contributed by atoms with Crippen molar-refractivity contribution in [2.75, 3.05) is 34.3 Å². The molecule has 0 radical (unpaired) electrons. The molecular formula is C8H19BrN2O2. The van der Waals surface area contributed by atoms with Gasteiger partial charge in [-0.25, -0.2) is 0 Å². The molecule has 0 aromatic carbocycles. The van der Waals surface area contributed by atoms with Crippen LogP contribution in [0.2, 0.25) is 0 Å². The normalized spacial score (nSPS) is 10.5. The fourth-order valence-electron chi connectivity index (χ4n) is 0.727. The molecule has 0 bridgehead atoms. The van der Waals surface area contributed by atoms with E-state index < -0.39 is 0 Å². The monoisotopic (exact) mass is 254 g/mol. The summed E-state index contributed by atoms with van der Waals surface area (Å²) in [6.45, 7) is 2.93. The molecule has 0 aliphatic rings. The third-order valence-electron chi connectivity index (χ3n) is 1.22. The maximum atomic E-state index is 10.9. The molecule has 0 aromatic heterocycles. The first kappa shape index (κ1) is 15.3. The van der Waals surface area contributed by atoms with Crippen LogP contribution in [0.3, 0.4) is 0 Å². The highest BCUT2D eigenvalue weighted by molar-refractivity contribution is 5.69.